The van der Waals surface area contributed by atoms with E-state index in [-0.39, 0.29) is 17.9 Å². The van der Waals surface area contributed by atoms with E-state index in [0.717, 1.165) is 29.0 Å². The maximum absolute atomic E-state index is 12.5. The van der Waals surface area contributed by atoms with Crippen LogP contribution >= 0.6 is 0 Å². The molecule has 27 heavy (non-hydrogen) atoms. The average molecular weight is 364 g/mol. The van der Waals surface area contributed by atoms with Crippen LogP contribution in [0.3, 0.4) is 0 Å². The van der Waals surface area contributed by atoms with Crippen LogP contribution in [0.25, 0.3) is 11.0 Å². The minimum atomic E-state index is -0.124. The number of carbonyl (C=O) groups excluding carboxylic acids is 1. The molecule has 1 aromatic heterocycles. The van der Waals surface area contributed by atoms with Crippen molar-refractivity contribution in [2.45, 2.75) is 32.7 Å². The highest BCUT2D eigenvalue weighted by Crippen LogP contribution is 2.22. The number of imidazole rings is 1. The van der Waals surface area contributed by atoms with Crippen molar-refractivity contribution in [1.29, 1.82) is 0 Å². The van der Waals surface area contributed by atoms with Crippen molar-refractivity contribution >= 4 is 22.6 Å². The topological polar surface area (TPSA) is 61.0 Å². The third kappa shape index (κ3) is 4.67. The van der Waals surface area contributed by atoms with E-state index < -0.39 is 0 Å². The van der Waals surface area contributed by atoms with Gasteiger partial charge in [0.15, 0.2) is 0 Å². The zero-order valence-electron chi connectivity index (χ0n) is 16.5. The van der Waals surface area contributed by atoms with Crippen LogP contribution in [0.15, 0.2) is 48.5 Å². The van der Waals surface area contributed by atoms with Crippen LogP contribution in [0.2, 0.25) is 0 Å². The minimum absolute atomic E-state index is 0.0471. The number of anilines is 1. The van der Waals surface area contributed by atoms with Gasteiger partial charge >= 0.3 is 0 Å². The van der Waals surface area contributed by atoms with Crippen molar-refractivity contribution in [1.82, 2.24) is 15.3 Å². The molecule has 0 aliphatic rings. The van der Waals surface area contributed by atoms with E-state index in [1.54, 1.807) is 0 Å². The summed E-state index contributed by atoms with van der Waals surface area (Å²) in [4.78, 5) is 22.6. The summed E-state index contributed by atoms with van der Waals surface area (Å²) in [5.74, 6) is 1.11. The number of rotatable bonds is 7. The Labute approximate surface area is 160 Å². The molecule has 0 aliphatic carbocycles. The standard InChI is InChI=1S/C22H28N4O/c1-15(2)21(22-23-18-7-5-6-8-19(18)24-22)25-20(27)14-11-16-9-12-17(13-10-16)26(3)4/h5-10,12-13,15,21H,11,14H2,1-4H3,(H,23,24)(H,25,27)/t21-/m0/s1. The summed E-state index contributed by atoms with van der Waals surface area (Å²) in [6.07, 6.45) is 1.19. The largest absolute Gasteiger partial charge is 0.378 e. The molecule has 0 unspecified atom stereocenters. The first-order chi connectivity index (χ1) is 12.9. The van der Waals surface area contributed by atoms with Crippen molar-refractivity contribution in [3.8, 4) is 0 Å². The number of aromatic amines is 1. The van der Waals surface area contributed by atoms with Gasteiger partial charge in [0.05, 0.1) is 17.1 Å². The highest BCUT2D eigenvalue weighted by Gasteiger charge is 2.21. The highest BCUT2D eigenvalue weighted by atomic mass is 16.1. The number of benzene rings is 2. The lowest BCUT2D eigenvalue weighted by atomic mass is 10.0. The number of fused-ring (bicyclic) bond motifs is 1. The Morgan fingerprint density at radius 1 is 1.11 bits per heavy atom. The van der Waals surface area contributed by atoms with Gasteiger partial charge in [0.25, 0.3) is 0 Å². The molecule has 0 spiro atoms. The molecule has 0 bridgehead atoms. The number of aryl methyl sites for hydroxylation is 1. The number of amides is 1. The molecule has 0 radical (unpaired) electrons. The van der Waals surface area contributed by atoms with Gasteiger partial charge in [-0.25, -0.2) is 4.98 Å². The number of nitrogens with zero attached hydrogens (tertiary/aromatic N) is 2. The molecule has 2 N–H and O–H groups in total. The van der Waals surface area contributed by atoms with Crippen LogP contribution < -0.4 is 10.2 Å². The highest BCUT2D eigenvalue weighted by molar-refractivity contribution is 5.77. The van der Waals surface area contributed by atoms with Crippen LogP contribution in [-0.4, -0.2) is 30.0 Å². The molecule has 1 heterocycles. The first-order valence-corrected chi connectivity index (χ1v) is 9.44. The number of H-pyrrole nitrogens is 1. The molecule has 1 atom stereocenters. The number of carbonyl (C=O) groups is 1. The number of para-hydroxylation sites is 2. The first kappa shape index (κ1) is 19.0. The molecule has 1 amide bonds. The Hall–Kier alpha value is -2.82. The molecule has 0 fully saturated rings. The van der Waals surface area contributed by atoms with E-state index in [1.165, 1.54) is 5.56 Å². The van der Waals surface area contributed by atoms with Crippen molar-refractivity contribution in [3.63, 3.8) is 0 Å². The summed E-state index contributed by atoms with van der Waals surface area (Å²) in [5.41, 5.74) is 4.25. The molecule has 3 aromatic rings. The lowest BCUT2D eigenvalue weighted by Gasteiger charge is -2.20. The number of hydrogen-bond donors (Lipinski definition) is 2. The Kier molecular flexibility index (Phi) is 5.79. The number of hydrogen-bond acceptors (Lipinski definition) is 3. The smallest absolute Gasteiger partial charge is 0.220 e. The summed E-state index contributed by atoms with van der Waals surface area (Å²) in [6.45, 7) is 4.19. The van der Waals surface area contributed by atoms with Gasteiger partial charge in [-0.05, 0) is 42.2 Å². The molecule has 0 aliphatic heterocycles. The van der Waals surface area contributed by atoms with E-state index in [4.69, 9.17) is 0 Å². The lowest BCUT2D eigenvalue weighted by molar-refractivity contribution is -0.122. The van der Waals surface area contributed by atoms with E-state index in [2.05, 4.69) is 58.3 Å². The predicted octanol–water partition coefficient (Wildman–Crippen LogP) is 4.08. The minimum Gasteiger partial charge on any atom is -0.378 e. The summed E-state index contributed by atoms with van der Waals surface area (Å²) in [5, 5.41) is 3.15. The van der Waals surface area contributed by atoms with Gasteiger partial charge in [-0.15, -0.1) is 0 Å². The molecule has 5 heteroatoms. The number of aromatic nitrogens is 2. The normalized spacial score (nSPS) is 12.3. The molecule has 5 nitrogen and oxygen atoms in total. The molecule has 2 aromatic carbocycles. The van der Waals surface area contributed by atoms with Crippen molar-refractivity contribution in [3.05, 3.63) is 59.9 Å². The van der Waals surface area contributed by atoms with Gasteiger partial charge in [-0.3, -0.25) is 4.79 Å². The molecular weight excluding hydrogens is 336 g/mol. The summed E-state index contributed by atoms with van der Waals surface area (Å²) < 4.78 is 0. The van der Waals surface area contributed by atoms with Gasteiger partial charge in [0.2, 0.25) is 5.91 Å². The van der Waals surface area contributed by atoms with Crippen molar-refractivity contribution in [2.75, 3.05) is 19.0 Å². The Morgan fingerprint density at radius 3 is 2.44 bits per heavy atom. The van der Waals surface area contributed by atoms with Gasteiger partial charge in [-0.2, -0.15) is 0 Å². The van der Waals surface area contributed by atoms with Gasteiger partial charge in [0.1, 0.15) is 5.82 Å². The second kappa shape index (κ2) is 8.25. The fraction of sp³-hybridized carbons (Fsp3) is 0.364. The monoisotopic (exact) mass is 364 g/mol. The van der Waals surface area contributed by atoms with Gasteiger partial charge < -0.3 is 15.2 Å². The van der Waals surface area contributed by atoms with E-state index >= 15 is 0 Å². The third-order valence-electron chi connectivity index (χ3n) is 4.78. The third-order valence-corrected chi connectivity index (χ3v) is 4.78. The zero-order chi connectivity index (χ0) is 19.4. The maximum atomic E-state index is 12.5. The van der Waals surface area contributed by atoms with Crippen LogP contribution in [-0.2, 0) is 11.2 Å². The first-order valence-electron chi connectivity index (χ1n) is 9.44. The molecule has 0 saturated carbocycles. The van der Waals surface area contributed by atoms with Gasteiger partial charge in [0, 0.05) is 26.2 Å². The van der Waals surface area contributed by atoms with E-state index in [0.29, 0.717) is 6.42 Å². The average Bonchev–Trinajstić information content (AvgIpc) is 3.08. The molecule has 142 valence electrons. The maximum Gasteiger partial charge on any atom is 0.220 e. The lowest BCUT2D eigenvalue weighted by Crippen LogP contribution is -2.32. The summed E-state index contributed by atoms with van der Waals surface area (Å²) in [7, 11) is 4.04. The van der Waals surface area contributed by atoms with Crippen LogP contribution in [0.4, 0.5) is 5.69 Å². The van der Waals surface area contributed by atoms with Crippen LogP contribution in [0.1, 0.15) is 37.7 Å². The Morgan fingerprint density at radius 2 is 1.81 bits per heavy atom. The SMILES string of the molecule is CC(C)[C@H](NC(=O)CCc1ccc(N(C)C)cc1)c1nc2ccccc2[nH]1. The van der Waals surface area contributed by atoms with Gasteiger partial charge in [-0.1, -0.05) is 38.1 Å². The number of nitrogens with one attached hydrogen (secondary N) is 2. The summed E-state index contributed by atoms with van der Waals surface area (Å²) in [6, 6.07) is 16.1. The fourth-order valence-electron chi connectivity index (χ4n) is 3.13. The quantitative estimate of drug-likeness (QED) is 0.664. The van der Waals surface area contributed by atoms with Crippen molar-refractivity contribution in [2.24, 2.45) is 5.92 Å². The summed E-state index contributed by atoms with van der Waals surface area (Å²) >= 11 is 0. The van der Waals surface area contributed by atoms with E-state index in [1.807, 2.05) is 38.4 Å². The Bertz CT molecular complexity index is 863. The van der Waals surface area contributed by atoms with Crippen LogP contribution in [0.5, 0.6) is 0 Å². The van der Waals surface area contributed by atoms with Crippen molar-refractivity contribution < 1.29 is 4.79 Å². The predicted molar refractivity (Wildman–Crippen MR) is 111 cm³/mol. The Balaban J connectivity index is 1.63. The molecular formula is C22H28N4O. The van der Waals surface area contributed by atoms with Crippen LogP contribution in [0, 0.1) is 5.92 Å². The van der Waals surface area contributed by atoms with E-state index in [9.17, 15) is 4.79 Å². The second-order valence-corrected chi connectivity index (χ2v) is 7.49. The molecule has 0 saturated heterocycles. The second-order valence-electron chi connectivity index (χ2n) is 7.49. The zero-order valence-corrected chi connectivity index (χ0v) is 16.5. The molecule has 3 rings (SSSR count). The fourth-order valence-corrected chi connectivity index (χ4v) is 3.13.